The Labute approximate surface area is 67.8 Å². The largest absolute Gasteiger partial charge is 0.396 e. The van der Waals surface area contributed by atoms with Gasteiger partial charge < -0.3 is 10.4 Å². The van der Waals surface area contributed by atoms with Crippen LogP contribution < -0.4 is 5.32 Å². The van der Waals surface area contributed by atoms with Gasteiger partial charge in [-0.05, 0) is 18.8 Å². The van der Waals surface area contributed by atoms with E-state index in [1.54, 1.807) is 6.41 Å². The molecule has 0 aliphatic heterocycles. The lowest BCUT2D eigenvalue weighted by atomic mass is 10.0. The van der Waals surface area contributed by atoms with E-state index < -0.39 is 0 Å². The van der Waals surface area contributed by atoms with E-state index in [-0.39, 0.29) is 12.6 Å². The molecule has 0 heterocycles. The SMILES string of the molecule is CC(C)C[C@@H](CCO)N[C]=O. The Morgan fingerprint density at radius 3 is 2.55 bits per heavy atom. The molecule has 11 heavy (non-hydrogen) atoms. The summed E-state index contributed by atoms with van der Waals surface area (Å²) in [5, 5.41) is 11.2. The van der Waals surface area contributed by atoms with Gasteiger partial charge in [-0.3, -0.25) is 4.79 Å². The van der Waals surface area contributed by atoms with Gasteiger partial charge in [-0.15, -0.1) is 0 Å². The minimum atomic E-state index is 0.0810. The fraction of sp³-hybridized carbons (Fsp3) is 0.875. The first-order chi connectivity index (χ1) is 5.20. The number of aliphatic hydroxyl groups excluding tert-OH is 1. The maximum absolute atomic E-state index is 9.95. The highest BCUT2D eigenvalue weighted by atomic mass is 16.3. The third-order valence-electron chi connectivity index (χ3n) is 1.50. The van der Waals surface area contributed by atoms with Crippen LogP contribution in [-0.2, 0) is 4.79 Å². The van der Waals surface area contributed by atoms with Crippen LogP contribution in [0.2, 0.25) is 0 Å². The predicted octanol–water partition coefficient (Wildman–Crippen LogP) is 0.440. The molecule has 0 aliphatic rings. The van der Waals surface area contributed by atoms with E-state index in [1.807, 2.05) is 0 Å². The standard InChI is InChI=1S/C8H16NO2/c1-7(2)5-8(3-4-10)9-6-11/h7-8,10H,3-5H2,1-2H3,(H,9,11)/t8-/m1/s1. The molecule has 0 rings (SSSR count). The summed E-state index contributed by atoms with van der Waals surface area (Å²) in [4.78, 5) is 9.95. The van der Waals surface area contributed by atoms with Crippen molar-refractivity contribution in [3.63, 3.8) is 0 Å². The van der Waals surface area contributed by atoms with Crippen molar-refractivity contribution in [2.24, 2.45) is 5.92 Å². The Morgan fingerprint density at radius 1 is 1.55 bits per heavy atom. The lowest BCUT2D eigenvalue weighted by Crippen LogP contribution is -2.30. The molecule has 3 heteroatoms. The number of rotatable bonds is 6. The fourth-order valence-corrected chi connectivity index (χ4v) is 1.06. The molecule has 0 spiro atoms. The summed E-state index contributed by atoms with van der Waals surface area (Å²) < 4.78 is 0. The van der Waals surface area contributed by atoms with Crippen molar-refractivity contribution in [2.45, 2.75) is 32.7 Å². The quantitative estimate of drug-likeness (QED) is 0.551. The maximum Gasteiger partial charge on any atom is 0.309 e. The van der Waals surface area contributed by atoms with Crippen LogP contribution in [0.5, 0.6) is 0 Å². The second-order valence-electron chi connectivity index (χ2n) is 3.09. The molecule has 0 aromatic heterocycles. The van der Waals surface area contributed by atoms with Crippen LogP contribution in [0.3, 0.4) is 0 Å². The molecule has 1 atom stereocenters. The lowest BCUT2D eigenvalue weighted by molar-refractivity contribution is 0.261. The van der Waals surface area contributed by atoms with Crippen LogP contribution in [0, 0.1) is 5.92 Å². The van der Waals surface area contributed by atoms with Gasteiger partial charge in [0, 0.05) is 12.6 Å². The number of carbonyl (C=O) groups excluding carboxylic acids is 1. The van der Waals surface area contributed by atoms with Gasteiger partial charge in [0.15, 0.2) is 0 Å². The average molecular weight is 158 g/mol. The Kier molecular flexibility index (Phi) is 5.84. The second kappa shape index (κ2) is 6.16. The molecule has 0 aliphatic carbocycles. The van der Waals surface area contributed by atoms with Gasteiger partial charge in [-0.25, -0.2) is 0 Å². The monoisotopic (exact) mass is 158 g/mol. The summed E-state index contributed by atoms with van der Waals surface area (Å²) in [7, 11) is 0. The van der Waals surface area contributed by atoms with Crippen LogP contribution in [0.4, 0.5) is 0 Å². The van der Waals surface area contributed by atoms with Crippen molar-refractivity contribution in [3.8, 4) is 0 Å². The predicted molar refractivity (Wildman–Crippen MR) is 43.8 cm³/mol. The van der Waals surface area contributed by atoms with Gasteiger partial charge in [0.1, 0.15) is 0 Å². The number of hydrogen-bond acceptors (Lipinski definition) is 2. The average Bonchev–Trinajstić information content (AvgIpc) is 1.87. The summed E-state index contributed by atoms with van der Waals surface area (Å²) in [6.45, 7) is 4.28. The zero-order valence-corrected chi connectivity index (χ0v) is 7.13. The summed E-state index contributed by atoms with van der Waals surface area (Å²) >= 11 is 0. The smallest absolute Gasteiger partial charge is 0.309 e. The van der Waals surface area contributed by atoms with E-state index in [0.29, 0.717) is 12.3 Å². The fourth-order valence-electron chi connectivity index (χ4n) is 1.06. The molecule has 1 amide bonds. The van der Waals surface area contributed by atoms with Crippen LogP contribution in [0.1, 0.15) is 26.7 Å². The van der Waals surface area contributed by atoms with Crippen LogP contribution >= 0.6 is 0 Å². The van der Waals surface area contributed by atoms with E-state index in [9.17, 15) is 4.79 Å². The highest BCUT2D eigenvalue weighted by molar-refractivity contribution is 5.47. The van der Waals surface area contributed by atoms with Crippen molar-refractivity contribution in [2.75, 3.05) is 6.61 Å². The zero-order chi connectivity index (χ0) is 8.69. The molecule has 2 N–H and O–H groups in total. The zero-order valence-electron chi connectivity index (χ0n) is 7.13. The highest BCUT2D eigenvalue weighted by Gasteiger charge is 2.08. The van der Waals surface area contributed by atoms with E-state index in [0.717, 1.165) is 6.42 Å². The molecular weight excluding hydrogens is 142 g/mol. The summed E-state index contributed by atoms with van der Waals surface area (Å²) in [6, 6.07) is 0.0810. The molecule has 65 valence electrons. The highest BCUT2D eigenvalue weighted by Crippen LogP contribution is 2.06. The first-order valence-electron chi connectivity index (χ1n) is 3.94. The molecule has 0 bridgehead atoms. The van der Waals surface area contributed by atoms with Gasteiger partial charge >= 0.3 is 6.41 Å². The summed E-state index contributed by atoms with van der Waals surface area (Å²) in [5.74, 6) is 0.535. The Balaban J connectivity index is 3.58. The second-order valence-corrected chi connectivity index (χ2v) is 3.09. The molecule has 1 radical (unpaired) electrons. The third-order valence-corrected chi connectivity index (χ3v) is 1.50. The normalized spacial score (nSPS) is 13.1. The summed E-state index contributed by atoms with van der Waals surface area (Å²) in [5.41, 5.74) is 0. The molecule has 0 saturated heterocycles. The minimum Gasteiger partial charge on any atom is -0.396 e. The number of nitrogens with one attached hydrogen (secondary N) is 1. The number of aliphatic hydroxyl groups is 1. The van der Waals surface area contributed by atoms with Gasteiger partial charge in [0.2, 0.25) is 0 Å². The molecule has 0 aromatic rings. The minimum absolute atomic E-state index is 0.0810. The molecular formula is C8H16NO2. The Morgan fingerprint density at radius 2 is 2.18 bits per heavy atom. The van der Waals surface area contributed by atoms with Crippen molar-refractivity contribution < 1.29 is 9.90 Å². The van der Waals surface area contributed by atoms with Crippen molar-refractivity contribution >= 4 is 6.41 Å². The first-order valence-corrected chi connectivity index (χ1v) is 3.94. The number of amides is 1. The van der Waals surface area contributed by atoms with Gasteiger partial charge in [-0.1, -0.05) is 13.8 Å². The van der Waals surface area contributed by atoms with E-state index >= 15 is 0 Å². The molecule has 0 aromatic carbocycles. The van der Waals surface area contributed by atoms with E-state index in [4.69, 9.17) is 5.11 Å². The third kappa shape index (κ3) is 5.85. The van der Waals surface area contributed by atoms with Crippen LogP contribution in [0.25, 0.3) is 0 Å². The van der Waals surface area contributed by atoms with E-state index in [2.05, 4.69) is 19.2 Å². The van der Waals surface area contributed by atoms with E-state index in [1.165, 1.54) is 0 Å². The Bertz CT molecular complexity index is 104. The topological polar surface area (TPSA) is 49.3 Å². The maximum atomic E-state index is 9.95. The van der Waals surface area contributed by atoms with Crippen molar-refractivity contribution in [1.82, 2.24) is 5.32 Å². The lowest BCUT2D eigenvalue weighted by Gasteiger charge is -2.15. The van der Waals surface area contributed by atoms with Crippen LogP contribution in [-0.4, -0.2) is 24.2 Å². The first kappa shape index (κ1) is 10.4. The molecule has 0 unspecified atom stereocenters. The molecule has 0 saturated carbocycles. The number of hydrogen-bond donors (Lipinski definition) is 2. The molecule has 0 fully saturated rings. The van der Waals surface area contributed by atoms with Crippen molar-refractivity contribution in [3.05, 3.63) is 0 Å². The van der Waals surface area contributed by atoms with Crippen molar-refractivity contribution in [1.29, 1.82) is 0 Å². The van der Waals surface area contributed by atoms with Crippen LogP contribution in [0.15, 0.2) is 0 Å². The Hall–Kier alpha value is -0.570. The molecule has 3 nitrogen and oxygen atoms in total. The van der Waals surface area contributed by atoms with Gasteiger partial charge in [-0.2, -0.15) is 0 Å². The summed E-state index contributed by atoms with van der Waals surface area (Å²) in [6.07, 6.45) is 3.16. The van der Waals surface area contributed by atoms with Gasteiger partial charge in [0.25, 0.3) is 0 Å². The van der Waals surface area contributed by atoms with Gasteiger partial charge in [0.05, 0.1) is 0 Å².